The zero-order valence-corrected chi connectivity index (χ0v) is 7.18. The van der Waals surface area contributed by atoms with Gasteiger partial charge in [-0.25, -0.2) is 0 Å². The SMILES string of the molecule is O=C1[N]c2c(cc(O)c(O)c2O)NC1=O. The van der Waals surface area contributed by atoms with Crippen molar-refractivity contribution in [3.05, 3.63) is 6.07 Å². The maximum Gasteiger partial charge on any atom is 0.336 e. The number of fused-ring (bicyclic) bond motifs is 1. The van der Waals surface area contributed by atoms with E-state index in [1.165, 1.54) is 0 Å². The molecule has 1 heterocycles. The number of carbonyl (C=O) groups excluding carboxylic acids is 2. The molecule has 7 nitrogen and oxygen atoms in total. The van der Waals surface area contributed by atoms with Gasteiger partial charge in [0, 0.05) is 6.07 Å². The van der Waals surface area contributed by atoms with E-state index in [9.17, 15) is 14.7 Å². The summed E-state index contributed by atoms with van der Waals surface area (Å²) in [5.74, 6) is -4.20. The first-order valence-corrected chi connectivity index (χ1v) is 3.85. The van der Waals surface area contributed by atoms with Gasteiger partial charge in [0.15, 0.2) is 11.5 Å². The first-order valence-electron chi connectivity index (χ1n) is 3.85. The van der Waals surface area contributed by atoms with Gasteiger partial charge in [0.1, 0.15) is 5.69 Å². The zero-order chi connectivity index (χ0) is 11.2. The molecule has 0 aromatic heterocycles. The third kappa shape index (κ3) is 1.21. The Morgan fingerprint density at radius 2 is 1.80 bits per heavy atom. The maximum atomic E-state index is 10.9. The van der Waals surface area contributed by atoms with Gasteiger partial charge in [-0.3, -0.25) is 9.59 Å². The monoisotopic (exact) mass is 209 g/mol. The molecule has 0 spiro atoms. The van der Waals surface area contributed by atoms with Crippen LogP contribution < -0.4 is 10.6 Å². The number of amides is 2. The summed E-state index contributed by atoms with van der Waals surface area (Å²) < 4.78 is 0. The Kier molecular flexibility index (Phi) is 1.69. The van der Waals surface area contributed by atoms with Gasteiger partial charge in [-0.1, -0.05) is 0 Å². The molecule has 1 aromatic rings. The highest BCUT2D eigenvalue weighted by Gasteiger charge is 2.29. The predicted molar refractivity (Wildman–Crippen MR) is 46.9 cm³/mol. The minimum absolute atomic E-state index is 0.0348. The van der Waals surface area contributed by atoms with E-state index in [4.69, 9.17) is 10.2 Å². The lowest BCUT2D eigenvalue weighted by Crippen LogP contribution is -2.33. The fraction of sp³-hybridized carbons (Fsp3) is 0. The van der Waals surface area contributed by atoms with Gasteiger partial charge >= 0.3 is 11.8 Å². The normalized spacial score (nSPS) is 14.1. The van der Waals surface area contributed by atoms with Gasteiger partial charge in [0.25, 0.3) is 0 Å². The van der Waals surface area contributed by atoms with Crippen molar-refractivity contribution in [2.24, 2.45) is 0 Å². The molecule has 2 amide bonds. The van der Waals surface area contributed by atoms with Crippen molar-refractivity contribution >= 4 is 23.2 Å². The van der Waals surface area contributed by atoms with Gasteiger partial charge in [-0.15, -0.1) is 0 Å². The average Bonchev–Trinajstić information content (AvgIpc) is 2.19. The molecule has 0 unspecified atom stereocenters. The van der Waals surface area contributed by atoms with E-state index in [1.807, 2.05) is 0 Å². The lowest BCUT2D eigenvalue weighted by Gasteiger charge is -2.17. The highest BCUT2D eigenvalue weighted by atomic mass is 16.3. The summed E-state index contributed by atoms with van der Waals surface area (Å²) in [4.78, 5) is 21.8. The molecule has 2 rings (SSSR count). The van der Waals surface area contributed by atoms with Crippen molar-refractivity contribution < 1.29 is 24.9 Å². The van der Waals surface area contributed by atoms with Crippen LogP contribution in [-0.2, 0) is 9.59 Å². The van der Waals surface area contributed by atoms with Crippen LogP contribution in [0.25, 0.3) is 0 Å². The van der Waals surface area contributed by atoms with Crippen LogP contribution in [0.2, 0.25) is 0 Å². The molecule has 0 saturated heterocycles. The first-order chi connectivity index (χ1) is 7.00. The van der Waals surface area contributed by atoms with Crippen LogP contribution in [0.3, 0.4) is 0 Å². The van der Waals surface area contributed by atoms with Crippen molar-refractivity contribution in [3.63, 3.8) is 0 Å². The Morgan fingerprint density at radius 1 is 1.13 bits per heavy atom. The van der Waals surface area contributed by atoms with E-state index in [1.54, 1.807) is 0 Å². The molecule has 0 fully saturated rings. The van der Waals surface area contributed by atoms with Crippen molar-refractivity contribution in [1.82, 2.24) is 5.32 Å². The Labute approximate surface area is 83.0 Å². The third-order valence-corrected chi connectivity index (χ3v) is 1.88. The van der Waals surface area contributed by atoms with Crippen molar-refractivity contribution in [2.75, 3.05) is 5.32 Å². The largest absolute Gasteiger partial charge is 0.504 e. The Morgan fingerprint density at radius 3 is 2.47 bits per heavy atom. The number of phenols is 3. The number of carbonyl (C=O) groups is 2. The molecule has 7 heteroatoms. The summed E-state index contributed by atoms with van der Waals surface area (Å²) in [6.07, 6.45) is 0. The van der Waals surface area contributed by atoms with Gasteiger partial charge < -0.3 is 20.6 Å². The molecule has 15 heavy (non-hydrogen) atoms. The number of hydrogen-bond donors (Lipinski definition) is 4. The number of benzene rings is 1. The molecule has 1 aromatic carbocycles. The number of hydrogen-bond acceptors (Lipinski definition) is 5. The fourth-order valence-electron chi connectivity index (χ4n) is 1.17. The quantitative estimate of drug-likeness (QED) is 0.261. The van der Waals surface area contributed by atoms with E-state index in [0.29, 0.717) is 0 Å². The molecule has 0 atom stereocenters. The number of anilines is 1. The molecular formula is C8H5N2O5. The summed E-state index contributed by atoms with van der Waals surface area (Å²) in [7, 11) is 0. The second-order valence-corrected chi connectivity index (χ2v) is 2.86. The molecule has 0 bridgehead atoms. The summed E-state index contributed by atoms with van der Waals surface area (Å²) >= 11 is 0. The third-order valence-electron chi connectivity index (χ3n) is 1.88. The van der Waals surface area contributed by atoms with Crippen molar-refractivity contribution in [3.8, 4) is 17.2 Å². The van der Waals surface area contributed by atoms with Gasteiger partial charge in [0.05, 0.1) is 5.69 Å². The molecule has 77 valence electrons. The predicted octanol–water partition coefficient (Wildman–Crippen LogP) is -0.482. The average molecular weight is 209 g/mol. The minimum Gasteiger partial charge on any atom is -0.504 e. The molecule has 4 N–H and O–H groups in total. The Hall–Kier alpha value is -2.44. The molecule has 1 radical (unpaired) electrons. The highest BCUT2D eigenvalue weighted by Crippen LogP contribution is 2.46. The Balaban J connectivity index is 2.63. The summed E-state index contributed by atoms with van der Waals surface area (Å²) in [6, 6.07) is 0.984. The molecule has 1 aliphatic heterocycles. The standard InChI is InChI=1S/C8H5N2O5/c11-3-1-2-4(6(13)5(3)12)10-8(15)7(14)9-2/h1,11-13H,(H,9,14). The van der Waals surface area contributed by atoms with Crippen molar-refractivity contribution in [2.45, 2.75) is 0 Å². The number of aromatic hydroxyl groups is 3. The van der Waals surface area contributed by atoms with Crippen LogP contribution in [0.15, 0.2) is 6.07 Å². The van der Waals surface area contributed by atoms with Crippen molar-refractivity contribution in [1.29, 1.82) is 0 Å². The second-order valence-electron chi connectivity index (χ2n) is 2.86. The molecule has 0 saturated carbocycles. The van der Waals surface area contributed by atoms with E-state index in [0.717, 1.165) is 6.07 Å². The first kappa shape index (κ1) is 9.13. The minimum atomic E-state index is -1.08. The fourth-order valence-corrected chi connectivity index (χ4v) is 1.17. The van der Waals surface area contributed by atoms with E-state index < -0.39 is 29.1 Å². The maximum absolute atomic E-state index is 10.9. The number of nitrogens with one attached hydrogen (secondary N) is 1. The van der Waals surface area contributed by atoms with Crippen LogP contribution in [0.1, 0.15) is 0 Å². The van der Waals surface area contributed by atoms with Gasteiger partial charge in [-0.05, 0) is 0 Å². The zero-order valence-electron chi connectivity index (χ0n) is 7.18. The molecular weight excluding hydrogens is 204 g/mol. The van der Waals surface area contributed by atoms with E-state index in [-0.39, 0.29) is 11.4 Å². The van der Waals surface area contributed by atoms with Crippen LogP contribution in [0, 0.1) is 0 Å². The Bertz CT molecular complexity index is 482. The number of phenolic OH excluding ortho intramolecular Hbond substituents is 3. The summed E-state index contributed by atoms with van der Waals surface area (Å²) in [6.45, 7) is 0. The lowest BCUT2D eigenvalue weighted by molar-refractivity contribution is -0.135. The highest BCUT2D eigenvalue weighted by molar-refractivity contribution is 6.42. The second kappa shape index (κ2) is 2.77. The smallest absolute Gasteiger partial charge is 0.336 e. The van der Waals surface area contributed by atoms with Crippen LogP contribution in [0.5, 0.6) is 17.2 Å². The van der Waals surface area contributed by atoms with E-state index in [2.05, 4.69) is 10.6 Å². The van der Waals surface area contributed by atoms with Crippen LogP contribution in [-0.4, -0.2) is 27.1 Å². The number of nitrogens with zero attached hydrogens (tertiary/aromatic N) is 1. The topological polar surface area (TPSA) is 121 Å². The van der Waals surface area contributed by atoms with Crippen LogP contribution >= 0.6 is 0 Å². The lowest BCUT2D eigenvalue weighted by atomic mass is 10.1. The van der Waals surface area contributed by atoms with Gasteiger partial charge in [-0.2, -0.15) is 5.32 Å². The molecule has 1 aliphatic rings. The number of rotatable bonds is 0. The molecule has 0 aliphatic carbocycles. The van der Waals surface area contributed by atoms with E-state index >= 15 is 0 Å². The summed E-state index contributed by atoms with van der Waals surface area (Å²) in [5, 5.41) is 32.9. The summed E-state index contributed by atoms with van der Waals surface area (Å²) in [5.41, 5.74) is -0.303. The van der Waals surface area contributed by atoms with Gasteiger partial charge in [0.2, 0.25) is 5.75 Å². The van der Waals surface area contributed by atoms with Crippen LogP contribution in [0.4, 0.5) is 11.4 Å².